The molecule has 3 N–H and O–H groups in total. The van der Waals surface area contributed by atoms with Crippen molar-refractivity contribution in [3.63, 3.8) is 0 Å². The van der Waals surface area contributed by atoms with E-state index in [4.69, 9.17) is 4.74 Å². The molecule has 16 nitrogen and oxygen atoms in total. The summed E-state index contributed by atoms with van der Waals surface area (Å²) in [6.07, 6.45) is 8.24. The minimum absolute atomic E-state index is 0.0121. The Balaban J connectivity index is 0.723. The average molecular weight is 1040 g/mol. The summed E-state index contributed by atoms with van der Waals surface area (Å²) in [6.45, 7) is 9.59. The molecule has 5 amide bonds. The van der Waals surface area contributed by atoms with Gasteiger partial charge in [-0.25, -0.2) is 13.9 Å². The van der Waals surface area contributed by atoms with Gasteiger partial charge in [0.2, 0.25) is 17.7 Å². The molecule has 1 saturated carbocycles. The van der Waals surface area contributed by atoms with Gasteiger partial charge in [-0.05, 0) is 87.1 Å². The molecule has 4 aliphatic heterocycles. The van der Waals surface area contributed by atoms with Gasteiger partial charge in [-0.3, -0.25) is 33.7 Å². The van der Waals surface area contributed by atoms with Crippen molar-refractivity contribution >= 4 is 40.3 Å². The number of H-pyrrole nitrogens is 1. The van der Waals surface area contributed by atoms with Gasteiger partial charge in [-0.1, -0.05) is 76.4 Å². The molecule has 402 valence electrons. The molecule has 9 rings (SSSR count). The van der Waals surface area contributed by atoms with E-state index in [0.29, 0.717) is 93.5 Å². The molecule has 4 aromatic rings. The van der Waals surface area contributed by atoms with E-state index in [1.807, 2.05) is 32.9 Å². The number of benzene rings is 3. The molecule has 1 aliphatic carbocycles. The number of rotatable bonds is 12. The number of ether oxygens (including phenoxy) is 1. The Morgan fingerprint density at radius 1 is 0.760 bits per heavy atom. The van der Waals surface area contributed by atoms with Crippen molar-refractivity contribution in [2.75, 3.05) is 72.0 Å². The van der Waals surface area contributed by atoms with Gasteiger partial charge in [-0.15, -0.1) is 0 Å². The fourth-order valence-corrected chi connectivity index (χ4v) is 11.9. The number of likely N-dealkylation sites (tertiary alicyclic amines) is 3. The van der Waals surface area contributed by atoms with Gasteiger partial charge in [0.1, 0.15) is 23.3 Å². The zero-order valence-electron chi connectivity index (χ0n) is 43.6. The van der Waals surface area contributed by atoms with Crippen LogP contribution in [0.1, 0.15) is 129 Å². The number of aromatic amines is 1. The SMILES string of the molecule is CC(C)(C)C(=O)N1CCC[C@](O)(c2cccc(C(=O)N[C@@H](C(=O)N3CCC(OC4CCN(CC(=O)N5CCN(C(=O)c6cc(Cc7n[nH]c(=O)c8ccccc78)ccc6F)CC5)CC4)CC3)C3CCCCC3)c2F)C1. The molecule has 0 unspecified atom stereocenters. The second kappa shape index (κ2) is 23.0. The summed E-state index contributed by atoms with van der Waals surface area (Å²) >= 11 is 0. The highest BCUT2D eigenvalue weighted by Gasteiger charge is 2.43. The highest BCUT2D eigenvalue weighted by atomic mass is 19.1. The number of aliphatic hydroxyl groups is 1. The molecular weight excluding hydrogens is 963 g/mol. The maximum Gasteiger partial charge on any atom is 0.272 e. The van der Waals surface area contributed by atoms with Crippen molar-refractivity contribution < 1.29 is 42.6 Å². The quantitative estimate of drug-likeness (QED) is 0.157. The van der Waals surface area contributed by atoms with E-state index in [1.54, 1.807) is 43.9 Å². The van der Waals surface area contributed by atoms with E-state index in [-0.39, 0.29) is 90.7 Å². The van der Waals surface area contributed by atoms with Crippen molar-refractivity contribution in [1.29, 1.82) is 0 Å². The van der Waals surface area contributed by atoms with Crippen molar-refractivity contribution in [3.8, 4) is 0 Å². The Hall–Kier alpha value is -6.11. The Bertz CT molecular complexity index is 2810. The first kappa shape index (κ1) is 53.7. The number of hydrogen-bond acceptors (Lipinski definition) is 10. The van der Waals surface area contributed by atoms with Crippen LogP contribution in [0.3, 0.4) is 0 Å². The Morgan fingerprint density at radius 3 is 2.12 bits per heavy atom. The number of piperidine rings is 3. The predicted molar refractivity (Wildman–Crippen MR) is 278 cm³/mol. The summed E-state index contributed by atoms with van der Waals surface area (Å²) in [7, 11) is 0. The van der Waals surface area contributed by atoms with E-state index >= 15 is 8.78 Å². The van der Waals surface area contributed by atoms with E-state index in [0.717, 1.165) is 44.9 Å². The van der Waals surface area contributed by atoms with Gasteiger partial charge in [0.05, 0.1) is 47.5 Å². The molecule has 18 heteroatoms. The summed E-state index contributed by atoms with van der Waals surface area (Å²) in [4.78, 5) is 89.7. The number of amides is 5. The van der Waals surface area contributed by atoms with Crippen LogP contribution < -0.4 is 10.9 Å². The monoisotopic (exact) mass is 1030 g/mol. The lowest BCUT2D eigenvalue weighted by Crippen LogP contribution is -2.55. The van der Waals surface area contributed by atoms with Crippen molar-refractivity contribution in [2.24, 2.45) is 11.3 Å². The van der Waals surface area contributed by atoms with Gasteiger partial charge in [0.15, 0.2) is 0 Å². The topological polar surface area (TPSA) is 189 Å². The summed E-state index contributed by atoms with van der Waals surface area (Å²) < 4.78 is 38.2. The largest absolute Gasteiger partial charge is 0.383 e. The molecule has 2 atom stereocenters. The first-order valence-electron chi connectivity index (χ1n) is 27.1. The number of hydrogen-bond donors (Lipinski definition) is 3. The second-order valence-electron chi connectivity index (χ2n) is 22.5. The van der Waals surface area contributed by atoms with E-state index in [9.17, 15) is 33.9 Å². The lowest BCUT2D eigenvalue weighted by Gasteiger charge is -2.42. The predicted octanol–water partition coefficient (Wildman–Crippen LogP) is 5.78. The zero-order valence-corrected chi connectivity index (χ0v) is 43.6. The number of nitrogens with one attached hydrogen (secondary N) is 2. The van der Waals surface area contributed by atoms with E-state index in [1.165, 1.54) is 24.3 Å². The Labute approximate surface area is 437 Å². The van der Waals surface area contributed by atoms with Crippen LogP contribution in [0.4, 0.5) is 8.78 Å². The normalized spacial score (nSPS) is 21.3. The van der Waals surface area contributed by atoms with Gasteiger partial charge < -0.3 is 34.8 Å². The third-order valence-corrected chi connectivity index (χ3v) is 16.2. The molecule has 5 fully saturated rings. The fraction of sp³-hybridized carbons (Fsp3) is 0.561. The van der Waals surface area contributed by atoms with Crippen molar-refractivity contribution in [1.82, 2.24) is 40.0 Å². The number of nitrogens with zero attached hydrogens (tertiary/aromatic N) is 6. The number of aromatic nitrogens is 2. The summed E-state index contributed by atoms with van der Waals surface area (Å²) in [5.41, 5.74) is -1.67. The maximum absolute atomic E-state index is 16.4. The molecule has 3 aromatic carbocycles. The summed E-state index contributed by atoms with van der Waals surface area (Å²) in [5.74, 6) is -3.04. The molecule has 1 aromatic heterocycles. The number of β-amino-alcohol motifs (C(OH)–C–C–N with tert-alkyl or cyclic N) is 1. The Morgan fingerprint density at radius 2 is 1.43 bits per heavy atom. The molecule has 4 saturated heterocycles. The molecule has 0 bridgehead atoms. The van der Waals surface area contributed by atoms with Gasteiger partial charge in [-0.2, -0.15) is 5.10 Å². The molecule has 75 heavy (non-hydrogen) atoms. The van der Waals surface area contributed by atoms with Crippen molar-refractivity contribution in [3.05, 3.63) is 111 Å². The minimum atomic E-state index is -1.67. The molecule has 0 radical (unpaired) electrons. The standard InChI is InChI=1S/C57H72F2N8O8/c1-56(2,3)55(73)67-24-10-23-57(74,36-67)45-16-9-15-43(49(45)59)51(69)60-50(38-11-5-4-6-12-38)54(72)65-27-21-40(22-28-65)75-39-19-25-63(26-20-39)35-48(68)64-29-31-66(32-30-64)53(71)44-33-37(17-18-46(44)58)34-47-41-13-7-8-14-42(41)52(70)62-61-47/h7-9,13-18,33,38-40,50,74H,4-6,10-12,19-32,34-36H2,1-3H3,(H,60,69)(H,62,70)/t50-,57-/m1/s1. The highest BCUT2D eigenvalue weighted by Crippen LogP contribution is 2.36. The van der Waals surface area contributed by atoms with Crippen LogP contribution in [-0.4, -0.2) is 160 Å². The van der Waals surface area contributed by atoms with E-state index < -0.39 is 40.5 Å². The van der Waals surface area contributed by atoms with Crippen LogP contribution in [0.25, 0.3) is 10.8 Å². The van der Waals surface area contributed by atoms with E-state index in [2.05, 4.69) is 20.4 Å². The Kier molecular flexibility index (Phi) is 16.5. The smallest absolute Gasteiger partial charge is 0.272 e. The van der Waals surface area contributed by atoms with Crippen LogP contribution in [0, 0.1) is 23.0 Å². The lowest BCUT2D eigenvalue weighted by atomic mass is 9.82. The fourth-order valence-electron chi connectivity index (χ4n) is 11.9. The molecule has 5 aliphatic rings. The summed E-state index contributed by atoms with van der Waals surface area (Å²) in [5, 5.41) is 22.7. The van der Waals surface area contributed by atoms with Gasteiger partial charge in [0.25, 0.3) is 17.4 Å². The average Bonchev–Trinajstić information content (AvgIpc) is 3.42. The van der Waals surface area contributed by atoms with Crippen LogP contribution in [0.2, 0.25) is 0 Å². The van der Waals surface area contributed by atoms with Gasteiger partial charge >= 0.3 is 0 Å². The first-order valence-corrected chi connectivity index (χ1v) is 27.1. The van der Waals surface area contributed by atoms with Crippen LogP contribution in [0.15, 0.2) is 65.5 Å². The number of fused-ring (bicyclic) bond motifs is 1. The minimum Gasteiger partial charge on any atom is -0.383 e. The molecule has 0 spiro atoms. The van der Waals surface area contributed by atoms with Crippen molar-refractivity contribution in [2.45, 2.75) is 122 Å². The maximum atomic E-state index is 16.4. The number of piperazine rings is 1. The highest BCUT2D eigenvalue weighted by molar-refractivity contribution is 5.98. The molecular formula is C57H72F2N8O8. The molecule has 5 heterocycles. The zero-order chi connectivity index (χ0) is 53.0. The number of carbonyl (C=O) groups excluding carboxylic acids is 5. The number of halogens is 2. The first-order chi connectivity index (χ1) is 36.0. The second-order valence-corrected chi connectivity index (χ2v) is 22.5. The third-order valence-electron chi connectivity index (χ3n) is 16.2. The third kappa shape index (κ3) is 12.3. The van der Waals surface area contributed by atoms with Crippen LogP contribution in [0.5, 0.6) is 0 Å². The van der Waals surface area contributed by atoms with Crippen LogP contribution >= 0.6 is 0 Å². The lowest BCUT2D eigenvalue weighted by molar-refractivity contribution is -0.147. The number of carbonyl (C=O) groups is 5. The summed E-state index contributed by atoms with van der Waals surface area (Å²) in [6, 6.07) is 15.1. The van der Waals surface area contributed by atoms with Crippen LogP contribution in [-0.2, 0) is 31.1 Å². The van der Waals surface area contributed by atoms with Gasteiger partial charge in [0, 0.05) is 81.7 Å².